The monoisotopic (exact) mass is 340 g/mol. The maximum Gasteiger partial charge on any atom is 0.407 e. The molecule has 140 valence electrons. The molecule has 1 unspecified atom stereocenters. The molecule has 0 aromatic rings. The van der Waals surface area contributed by atoms with Crippen LogP contribution < -0.4 is 5.73 Å². The van der Waals surface area contributed by atoms with Crippen molar-refractivity contribution in [1.29, 1.82) is 0 Å². The fourth-order valence-corrected chi connectivity index (χ4v) is 2.64. The smallest absolute Gasteiger partial charge is 0.407 e. The Labute approximate surface area is 147 Å². The molecule has 1 atom stereocenters. The molecule has 3 N–H and O–H groups in total. The Balaban J connectivity index is 3.50. The molecule has 0 bridgehead atoms. The van der Waals surface area contributed by atoms with E-state index in [0.717, 1.165) is 30.6 Å². The maximum absolute atomic E-state index is 10.9. The Bertz CT molecular complexity index is 346. The quantitative estimate of drug-likeness (QED) is 0.248. The molecule has 0 spiro atoms. The minimum atomic E-state index is -1.08. The third kappa shape index (κ3) is 14.2. The second kappa shape index (κ2) is 16.5. The van der Waals surface area contributed by atoms with Crippen LogP contribution in [-0.2, 0) is 4.79 Å². The van der Waals surface area contributed by atoms with Crippen molar-refractivity contribution in [2.24, 2.45) is 5.73 Å². The molecular weight excluding hydrogens is 304 g/mol. The third-order valence-corrected chi connectivity index (χ3v) is 4.11. The number of rotatable bonds is 16. The van der Waals surface area contributed by atoms with Gasteiger partial charge in [0.1, 0.15) is 6.29 Å². The van der Waals surface area contributed by atoms with Gasteiger partial charge in [-0.1, -0.05) is 57.6 Å². The molecule has 0 saturated heterocycles. The summed E-state index contributed by atoms with van der Waals surface area (Å²) in [4.78, 5) is 22.4. The lowest BCUT2D eigenvalue weighted by atomic mass is 10.1. The summed E-state index contributed by atoms with van der Waals surface area (Å²) in [6.45, 7) is 2.36. The number of carbonyl (C=O) groups excluding carboxylic acids is 1. The summed E-state index contributed by atoms with van der Waals surface area (Å²) in [7, 11) is 0. The van der Waals surface area contributed by atoms with Gasteiger partial charge in [0.05, 0.1) is 6.54 Å². The zero-order chi connectivity index (χ0) is 18.0. The SMILES string of the molecule is CCCCCC/C=C\CCCCCCC(N)CN(CC=O)C(=O)O. The molecule has 0 saturated carbocycles. The van der Waals surface area contributed by atoms with Gasteiger partial charge in [0.2, 0.25) is 0 Å². The third-order valence-electron chi connectivity index (χ3n) is 4.11. The zero-order valence-corrected chi connectivity index (χ0v) is 15.3. The first-order chi connectivity index (χ1) is 11.6. The lowest BCUT2D eigenvalue weighted by Gasteiger charge is -2.20. The molecular formula is C19H36N2O3. The summed E-state index contributed by atoms with van der Waals surface area (Å²) < 4.78 is 0. The summed E-state index contributed by atoms with van der Waals surface area (Å²) >= 11 is 0. The molecule has 5 heteroatoms. The number of hydrogen-bond acceptors (Lipinski definition) is 3. The average Bonchev–Trinajstić information content (AvgIpc) is 2.55. The van der Waals surface area contributed by atoms with Gasteiger partial charge in [0.15, 0.2) is 0 Å². The van der Waals surface area contributed by atoms with E-state index in [1.54, 1.807) is 0 Å². The van der Waals surface area contributed by atoms with Gasteiger partial charge in [-0.3, -0.25) is 4.90 Å². The number of aldehydes is 1. The molecule has 24 heavy (non-hydrogen) atoms. The van der Waals surface area contributed by atoms with Crippen LogP contribution in [0.25, 0.3) is 0 Å². The van der Waals surface area contributed by atoms with Gasteiger partial charge >= 0.3 is 6.09 Å². The van der Waals surface area contributed by atoms with Crippen LogP contribution in [0, 0.1) is 0 Å². The number of carbonyl (C=O) groups is 2. The van der Waals surface area contributed by atoms with Crippen molar-refractivity contribution in [2.45, 2.75) is 83.6 Å². The highest BCUT2D eigenvalue weighted by atomic mass is 16.4. The lowest BCUT2D eigenvalue weighted by molar-refractivity contribution is -0.108. The van der Waals surface area contributed by atoms with Crippen LogP contribution in [0.5, 0.6) is 0 Å². The predicted octanol–water partition coefficient (Wildman–Crippen LogP) is 4.36. The second-order valence-corrected chi connectivity index (χ2v) is 6.43. The summed E-state index contributed by atoms with van der Waals surface area (Å²) in [6.07, 6.45) is 17.1. The van der Waals surface area contributed by atoms with Gasteiger partial charge in [-0.15, -0.1) is 0 Å². The average molecular weight is 341 g/mol. The van der Waals surface area contributed by atoms with Gasteiger partial charge in [-0.25, -0.2) is 4.79 Å². The minimum Gasteiger partial charge on any atom is -0.465 e. The topological polar surface area (TPSA) is 83.6 Å². The molecule has 0 aliphatic rings. The van der Waals surface area contributed by atoms with Crippen molar-refractivity contribution in [2.75, 3.05) is 13.1 Å². The summed E-state index contributed by atoms with van der Waals surface area (Å²) in [5.74, 6) is 0. The summed E-state index contributed by atoms with van der Waals surface area (Å²) in [5, 5.41) is 8.93. The lowest BCUT2D eigenvalue weighted by Crippen LogP contribution is -2.41. The van der Waals surface area contributed by atoms with Crippen molar-refractivity contribution in [1.82, 2.24) is 4.90 Å². The number of nitrogens with zero attached hydrogens (tertiary/aromatic N) is 1. The molecule has 0 fully saturated rings. The molecule has 0 aromatic carbocycles. The van der Waals surface area contributed by atoms with Gasteiger partial charge < -0.3 is 15.6 Å². The van der Waals surface area contributed by atoms with E-state index in [9.17, 15) is 9.59 Å². The van der Waals surface area contributed by atoms with Crippen LogP contribution >= 0.6 is 0 Å². The predicted molar refractivity (Wildman–Crippen MR) is 99.2 cm³/mol. The maximum atomic E-state index is 10.9. The number of allylic oxidation sites excluding steroid dienone is 2. The molecule has 0 aliphatic heterocycles. The largest absolute Gasteiger partial charge is 0.465 e. The van der Waals surface area contributed by atoms with Crippen molar-refractivity contribution in [3.63, 3.8) is 0 Å². The van der Waals surface area contributed by atoms with Crippen LogP contribution in [0.3, 0.4) is 0 Å². The molecule has 0 rings (SSSR count). The standard InChI is InChI=1S/C19H36N2O3/c1-2-3-4-5-6-7-8-9-10-11-12-13-14-18(20)17-21(15-16-22)19(23)24/h7-8,16,18H,2-6,9-15,17,20H2,1H3,(H,23,24)/b8-7-. The molecule has 5 nitrogen and oxygen atoms in total. The van der Waals surface area contributed by atoms with Crippen LogP contribution in [-0.4, -0.2) is 41.5 Å². The van der Waals surface area contributed by atoms with E-state index in [1.165, 1.54) is 44.9 Å². The Kier molecular flexibility index (Phi) is 15.6. The van der Waals surface area contributed by atoms with Crippen LogP contribution in [0.15, 0.2) is 12.2 Å². The Morgan fingerprint density at radius 1 is 1.04 bits per heavy atom. The van der Waals surface area contributed by atoms with Gasteiger partial charge in [-0.05, 0) is 32.1 Å². The Morgan fingerprint density at radius 2 is 1.62 bits per heavy atom. The number of carboxylic acid groups (broad SMARTS) is 1. The number of nitrogens with two attached hydrogens (primary N) is 1. The molecule has 0 aliphatic carbocycles. The first-order valence-electron chi connectivity index (χ1n) is 9.43. The van der Waals surface area contributed by atoms with Gasteiger partial charge in [-0.2, -0.15) is 0 Å². The molecule has 0 aromatic heterocycles. The van der Waals surface area contributed by atoms with Crippen molar-refractivity contribution in [3.05, 3.63) is 12.2 Å². The van der Waals surface area contributed by atoms with Gasteiger partial charge in [0, 0.05) is 12.6 Å². The van der Waals surface area contributed by atoms with Crippen molar-refractivity contribution in [3.8, 4) is 0 Å². The highest BCUT2D eigenvalue weighted by molar-refractivity contribution is 5.69. The van der Waals surface area contributed by atoms with E-state index in [1.807, 2.05) is 0 Å². The van der Waals surface area contributed by atoms with E-state index in [4.69, 9.17) is 10.8 Å². The number of amides is 1. The van der Waals surface area contributed by atoms with E-state index in [-0.39, 0.29) is 19.1 Å². The fraction of sp³-hybridized carbons (Fsp3) is 0.789. The molecule has 0 radical (unpaired) electrons. The van der Waals surface area contributed by atoms with Crippen LogP contribution in [0.4, 0.5) is 4.79 Å². The Hall–Kier alpha value is -1.36. The molecule has 1 amide bonds. The van der Waals surface area contributed by atoms with E-state index < -0.39 is 6.09 Å². The van der Waals surface area contributed by atoms with E-state index >= 15 is 0 Å². The number of hydrogen-bond donors (Lipinski definition) is 2. The minimum absolute atomic E-state index is 0.103. The van der Waals surface area contributed by atoms with Crippen LogP contribution in [0.2, 0.25) is 0 Å². The summed E-state index contributed by atoms with van der Waals surface area (Å²) in [5.41, 5.74) is 5.94. The summed E-state index contributed by atoms with van der Waals surface area (Å²) in [6, 6.07) is -0.191. The van der Waals surface area contributed by atoms with Crippen LogP contribution in [0.1, 0.15) is 77.6 Å². The van der Waals surface area contributed by atoms with E-state index in [0.29, 0.717) is 6.29 Å². The van der Waals surface area contributed by atoms with E-state index in [2.05, 4.69) is 19.1 Å². The number of unbranched alkanes of at least 4 members (excludes halogenated alkanes) is 8. The highest BCUT2D eigenvalue weighted by Gasteiger charge is 2.14. The van der Waals surface area contributed by atoms with Gasteiger partial charge in [0.25, 0.3) is 0 Å². The van der Waals surface area contributed by atoms with Crippen molar-refractivity contribution >= 4 is 12.4 Å². The zero-order valence-electron chi connectivity index (χ0n) is 15.3. The normalized spacial score (nSPS) is 12.4. The highest BCUT2D eigenvalue weighted by Crippen LogP contribution is 2.09. The second-order valence-electron chi connectivity index (χ2n) is 6.43. The molecule has 0 heterocycles. The Morgan fingerprint density at radius 3 is 2.17 bits per heavy atom. The fourth-order valence-electron chi connectivity index (χ4n) is 2.64. The first-order valence-corrected chi connectivity index (χ1v) is 9.43. The first kappa shape index (κ1) is 22.6. The van der Waals surface area contributed by atoms with Crippen molar-refractivity contribution < 1.29 is 14.7 Å².